The minimum Gasteiger partial charge on any atom is -0.456 e. The number of rotatable bonds is 6. The Morgan fingerprint density at radius 3 is 1.83 bits per heavy atom. The van der Waals surface area contributed by atoms with Gasteiger partial charge in [-0.05, 0) is 121 Å². The molecule has 0 amide bonds. The molecule has 3 aliphatic carbocycles. The Hall–Kier alpha value is -7.94. The topological polar surface area (TPSA) is 16.4 Å². The van der Waals surface area contributed by atoms with E-state index in [9.17, 15) is 0 Å². The summed E-state index contributed by atoms with van der Waals surface area (Å²) in [5.74, 6) is 0.168. The summed E-state index contributed by atoms with van der Waals surface area (Å²) in [5.41, 5.74) is 19.9. The number of nitrogens with zero attached hydrogens (tertiary/aromatic N) is 1. The lowest BCUT2D eigenvalue weighted by Gasteiger charge is -2.45. The predicted molar refractivity (Wildman–Crippen MR) is 266 cm³/mol. The highest BCUT2D eigenvalue weighted by Gasteiger charge is 2.64. The number of allylic oxidation sites excluding steroid dienone is 4. The first-order valence-corrected chi connectivity index (χ1v) is 22.4. The van der Waals surface area contributed by atoms with Gasteiger partial charge < -0.3 is 9.32 Å². The Balaban J connectivity index is 0.906. The van der Waals surface area contributed by atoms with Crippen LogP contribution >= 0.6 is 0 Å². The van der Waals surface area contributed by atoms with Crippen LogP contribution in [0.1, 0.15) is 35.1 Å². The third kappa shape index (κ3) is 5.20. The zero-order valence-electron chi connectivity index (χ0n) is 35.4. The maximum atomic E-state index is 6.53. The largest absolute Gasteiger partial charge is 0.456 e. The molecule has 0 aliphatic heterocycles. The molecule has 10 aromatic rings. The first-order chi connectivity index (χ1) is 31.6. The zero-order valence-corrected chi connectivity index (χ0v) is 35.4. The molecular weight excluding hydrogens is 775 g/mol. The van der Waals surface area contributed by atoms with Gasteiger partial charge in [-0.15, -0.1) is 0 Å². The number of hydrogen-bond donors (Lipinski definition) is 0. The van der Waals surface area contributed by atoms with Crippen LogP contribution < -0.4 is 4.90 Å². The van der Waals surface area contributed by atoms with Crippen molar-refractivity contribution >= 4 is 39.0 Å². The third-order valence-corrected chi connectivity index (χ3v) is 14.6. The number of furan rings is 1. The maximum Gasteiger partial charge on any atom is 0.135 e. The Kier molecular flexibility index (Phi) is 8.05. The van der Waals surface area contributed by atoms with Crippen LogP contribution in [0.15, 0.2) is 241 Å². The van der Waals surface area contributed by atoms with Crippen molar-refractivity contribution in [3.8, 4) is 44.5 Å². The first-order valence-electron chi connectivity index (χ1n) is 22.4. The molecule has 13 rings (SSSR count). The second kappa shape index (κ2) is 14.0. The molecule has 1 aromatic heterocycles. The van der Waals surface area contributed by atoms with Gasteiger partial charge in [0.1, 0.15) is 11.2 Å². The van der Waals surface area contributed by atoms with E-state index >= 15 is 0 Å². The van der Waals surface area contributed by atoms with Gasteiger partial charge in [-0.1, -0.05) is 189 Å². The molecule has 2 nitrogen and oxygen atoms in total. The van der Waals surface area contributed by atoms with Crippen molar-refractivity contribution in [1.29, 1.82) is 0 Å². The standard InChI is InChI=1S/C62H43NO/c1-61-38-13-12-24-54(61)60-55(36-37-58-59(60)52-22-9-11-25-57(52)64-58)62(61)53-23-10-8-21-50(53)51-35-32-46(40-56(51)62)44-28-26-43(27-29-44)45-17-14-20-49(39-45)63(47-18-6-3-7-19-47)48-33-30-42(31-34-48)41-15-4-2-5-16-41/h2-40,54H,1H3. The average molecular weight is 818 g/mol. The lowest BCUT2D eigenvalue weighted by atomic mass is 9.56. The van der Waals surface area contributed by atoms with Crippen molar-refractivity contribution in [2.75, 3.05) is 4.90 Å². The van der Waals surface area contributed by atoms with E-state index in [1.54, 1.807) is 0 Å². The molecule has 1 spiro atoms. The minimum absolute atomic E-state index is 0.168. The van der Waals surface area contributed by atoms with Crippen LogP contribution in [-0.2, 0) is 5.41 Å². The van der Waals surface area contributed by atoms with Crippen LogP contribution in [0.5, 0.6) is 0 Å². The molecule has 0 saturated carbocycles. The lowest BCUT2D eigenvalue weighted by Crippen LogP contribution is -2.42. The fraction of sp³-hybridized carbons (Fsp3) is 0.0645. The van der Waals surface area contributed by atoms with Gasteiger partial charge >= 0.3 is 0 Å². The monoisotopic (exact) mass is 817 g/mol. The smallest absolute Gasteiger partial charge is 0.135 e. The molecular formula is C62H43NO. The van der Waals surface area contributed by atoms with E-state index in [0.717, 1.165) is 28.2 Å². The highest BCUT2D eigenvalue weighted by Crippen LogP contribution is 2.72. The van der Waals surface area contributed by atoms with E-state index < -0.39 is 5.41 Å². The van der Waals surface area contributed by atoms with Crippen LogP contribution in [0.25, 0.3) is 66.4 Å². The van der Waals surface area contributed by atoms with Crippen molar-refractivity contribution in [2.45, 2.75) is 18.3 Å². The molecule has 64 heavy (non-hydrogen) atoms. The van der Waals surface area contributed by atoms with Gasteiger partial charge in [-0.2, -0.15) is 0 Å². The van der Waals surface area contributed by atoms with Crippen molar-refractivity contribution < 1.29 is 4.42 Å². The van der Waals surface area contributed by atoms with Gasteiger partial charge in [-0.3, -0.25) is 0 Å². The molecule has 0 fully saturated rings. The molecule has 3 atom stereocenters. The fourth-order valence-electron chi connectivity index (χ4n) is 11.7. The summed E-state index contributed by atoms with van der Waals surface area (Å²) in [7, 11) is 0. The Bertz CT molecular complexity index is 3500. The number of hydrogen-bond acceptors (Lipinski definition) is 2. The highest BCUT2D eigenvalue weighted by atomic mass is 16.3. The van der Waals surface area contributed by atoms with Crippen LogP contribution in [0.2, 0.25) is 0 Å². The summed E-state index contributed by atoms with van der Waals surface area (Å²) >= 11 is 0. The van der Waals surface area contributed by atoms with E-state index in [0.29, 0.717) is 0 Å². The molecule has 0 radical (unpaired) electrons. The summed E-state index contributed by atoms with van der Waals surface area (Å²) in [6.45, 7) is 2.49. The van der Waals surface area contributed by atoms with E-state index in [1.165, 1.54) is 77.5 Å². The molecule has 302 valence electrons. The average Bonchev–Trinajstić information content (AvgIpc) is 3.97. The van der Waals surface area contributed by atoms with E-state index in [2.05, 4.69) is 248 Å². The number of benzene rings is 9. The summed E-state index contributed by atoms with van der Waals surface area (Å²) in [4.78, 5) is 2.34. The number of anilines is 3. The van der Waals surface area contributed by atoms with Gasteiger partial charge in [0.15, 0.2) is 0 Å². The molecule has 0 bridgehead atoms. The normalized spacial score (nSPS) is 18.9. The van der Waals surface area contributed by atoms with Gasteiger partial charge in [0, 0.05) is 39.2 Å². The lowest BCUT2D eigenvalue weighted by molar-refractivity contribution is 0.294. The van der Waals surface area contributed by atoms with Gasteiger partial charge in [-0.25, -0.2) is 0 Å². The van der Waals surface area contributed by atoms with Gasteiger partial charge in [0.2, 0.25) is 0 Å². The zero-order chi connectivity index (χ0) is 42.4. The Labute approximate surface area is 373 Å². The SMILES string of the molecule is CC12C=CC=CC1c1c(ccc3oc4ccccc4c13)C21c2ccccc2-c2ccc(-c3ccc(-c4cccc(N(c5ccccc5)c5ccc(-c6ccccc6)cc5)c4)cc3)cc21. The van der Waals surface area contributed by atoms with Gasteiger partial charge in [0.25, 0.3) is 0 Å². The van der Waals surface area contributed by atoms with E-state index in [1.807, 2.05) is 0 Å². The molecule has 3 unspecified atom stereocenters. The highest BCUT2D eigenvalue weighted by molar-refractivity contribution is 6.09. The summed E-state index contributed by atoms with van der Waals surface area (Å²) in [6, 6.07) is 77.7. The quantitative estimate of drug-likeness (QED) is 0.166. The summed E-state index contributed by atoms with van der Waals surface area (Å²) in [5, 5.41) is 2.43. The van der Waals surface area contributed by atoms with Crippen molar-refractivity contribution in [2.24, 2.45) is 5.41 Å². The van der Waals surface area contributed by atoms with E-state index in [-0.39, 0.29) is 11.3 Å². The van der Waals surface area contributed by atoms with Crippen LogP contribution in [0, 0.1) is 5.41 Å². The van der Waals surface area contributed by atoms with Crippen LogP contribution in [-0.4, -0.2) is 0 Å². The predicted octanol–water partition coefficient (Wildman–Crippen LogP) is 16.6. The van der Waals surface area contributed by atoms with E-state index in [4.69, 9.17) is 4.42 Å². The minimum atomic E-state index is -0.407. The molecule has 1 heterocycles. The third-order valence-electron chi connectivity index (χ3n) is 14.6. The van der Waals surface area contributed by atoms with Crippen molar-refractivity contribution in [3.63, 3.8) is 0 Å². The second-order valence-electron chi connectivity index (χ2n) is 17.8. The molecule has 2 heteroatoms. The molecule has 0 N–H and O–H groups in total. The maximum absolute atomic E-state index is 6.53. The molecule has 9 aromatic carbocycles. The Morgan fingerprint density at radius 2 is 1.02 bits per heavy atom. The number of para-hydroxylation sites is 2. The van der Waals surface area contributed by atoms with Crippen LogP contribution in [0.4, 0.5) is 17.1 Å². The molecule has 0 saturated heterocycles. The van der Waals surface area contributed by atoms with Crippen molar-refractivity contribution in [1.82, 2.24) is 0 Å². The first kappa shape index (κ1) is 36.7. The Morgan fingerprint density at radius 1 is 0.422 bits per heavy atom. The fourth-order valence-corrected chi connectivity index (χ4v) is 11.7. The molecule has 3 aliphatic rings. The second-order valence-corrected chi connectivity index (χ2v) is 17.8. The number of fused-ring (bicyclic) bond motifs is 14. The van der Waals surface area contributed by atoms with Crippen molar-refractivity contribution in [3.05, 3.63) is 259 Å². The van der Waals surface area contributed by atoms with Gasteiger partial charge in [0.05, 0.1) is 5.41 Å². The van der Waals surface area contributed by atoms with Crippen LogP contribution in [0.3, 0.4) is 0 Å². The summed E-state index contributed by atoms with van der Waals surface area (Å²) in [6.07, 6.45) is 9.45. The summed E-state index contributed by atoms with van der Waals surface area (Å²) < 4.78 is 6.53.